The summed E-state index contributed by atoms with van der Waals surface area (Å²) in [6, 6.07) is -0.479. The highest BCUT2D eigenvalue weighted by atomic mass is 16.5. The lowest BCUT2D eigenvalue weighted by atomic mass is 9.96. The molecule has 5 nitrogen and oxygen atoms in total. The van der Waals surface area contributed by atoms with Crippen molar-refractivity contribution >= 4 is 11.9 Å². The minimum absolute atomic E-state index is 0.169. The summed E-state index contributed by atoms with van der Waals surface area (Å²) in [5.41, 5.74) is 0. The van der Waals surface area contributed by atoms with Gasteiger partial charge in [0.1, 0.15) is 6.04 Å². The van der Waals surface area contributed by atoms with Gasteiger partial charge < -0.3 is 9.84 Å². The van der Waals surface area contributed by atoms with Gasteiger partial charge in [-0.2, -0.15) is 0 Å². The standard InChI is InChI=1S/C12H21NO4/c1-3-10(11(14)15)13-7-5-6-9(8-13)12(16)17-4-2/h9-10H,3-8H2,1-2H3,(H,14,15)/t9-,10?/m0/s1. The van der Waals surface area contributed by atoms with E-state index < -0.39 is 12.0 Å². The van der Waals surface area contributed by atoms with E-state index in [0.717, 1.165) is 19.4 Å². The average Bonchev–Trinajstić information content (AvgIpc) is 2.30. The normalized spacial score (nSPS) is 23.1. The highest BCUT2D eigenvalue weighted by Gasteiger charge is 2.32. The fraction of sp³-hybridized carbons (Fsp3) is 0.833. The lowest BCUT2D eigenvalue weighted by Crippen LogP contribution is -2.48. The second-order valence-corrected chi connectivity index (χ2v) is 4.35. The smallest absolute Gasteiger partial charge is 0.320 e. The number of rotatable bonds is 5. The van der Waals surface area contributed by atoms with E-state index in [4.69, 9.17) is 9.84 Å². The van der Waals surface area contributed by atoms with Crippen molar-refractivity contribution in [1.82, 2.24) is 4.90 Å². The monoisotopic (exact) mass is 243 g/mol. The second-order valence-electron chi connectivity index (χ2n) is 4.35. The highest BCUT2D eigenvalue weighted by molar-refractivity contribution is 5.74. The molecule has 98 valence electrons. The van der Waals surface area contributed by atoms with Gasteiger partial charge in [0, 0.05) is 6.54 Å². The summed E-state index contributed by atoms with van der Waals surface area (Å²) in [6.45, 7) is 5.27. The van der Waals surface area contributed by atoms with E-state index in [1.54, 1.807) is 6.92 Å². The molecule has 1 unspecified atom stereocenters. The van der Waals surface area contributed by atoms with Crippen LogP contribution >= 0.6 is 0 Å². The van der Waals surface area contributed by atoms with Crippen molar-refractivity contribution in [3.8, 4) is 0 Å². The first kappa shape index (κ1) is 14.0. The Balaban J connectivity index is 2.59. The number of hydrogen-bond donors (Lipinski definition) is 1. The van der Waals surface area contributed by atoms with E-state index >= 15 is 0 Å². The predicted octanol–water partition coefficient (Wildman–Crippen LogP) is 1.12. The van der Waals surface area contributed by atoms with Gasteiger partial charge in [0.25, 0.3) is 0 Å². The first-order valence-corrected chi connectivity index (χ1v) is 6.23. The van der Waals surface area contributed by atoms with Crippen molar-refractivity contribution < 1.29 is 19.4 Å². The zero-order chi connectivity index (χ0) is 12.8. The van der Waals surface area contributed by atoms with Crippen LogP contribution in [0.2, 0.25) is 0 Å². The fourth-order valence-corrected chi connectivity index (χ4v) is 2.33. The van der Waals surface area contributed by atoms with Crippen LogP contribution in [0.15, 0.2) is 0 Å². The summed E-state index contributed by atoms with van der Waals surface area (Å²) in [5, 5.41) is 9.10. The summed E-state index contributed by atoms with van der Waals surface area (Å²) in [7, 11) is 0. The number of piperidine rings is 1. The van der Waals surface area contributed by atoms with E-state index in [-0.39, 0.29) is 11.9 Å². The maximum absolute atomic E-state index is 11.6. The van der Waals surface area contributed by atoms with Crippen molar-refractivity contribution in [3.05, 3.63) is 0 Å². The molecule has 1 heterocycles. The number of nitrogens with zero attached hydrogens (tertiary/aromatic N) is 1. The number of hydrogen-bond acceptors (Lipinski definition) is 4. The molecule has 1 rings (SSSR count). The van der Waals surface area contributed by atoms with Gasteiger partial charge in [0.2, 0.25) is 0 Å². The van der Waals surface area contributed by atoms with Crippen LogP contribution in [0, 0.1) is 5.92 Å². The van der Waals surface area contributed by atoms with Crippen LogP contribution in [-0.4, -0.2) is 47.7 Å². The quantitative estimate of drug-likeness (QED) is 0.733. The summed E-state index contributed by atoms with van der Waals surface area (Å²) in [6.07, 6.45) is 2.21. The van der Waals surface area contributed by atoms with Gasteiger partial charge in [-0.05, 0) is 32.7 Å². The van der Waals surface area contributed by atoms with E-state index in [0.29, 0.717) is 19.6 Å². The highest BCUT2D eigenvalue weighted by Crippen LogP contribution is 2.21. The van der Waals surface area contributed by atoms with Crippen LogP contribution in [0.5, 0.6) is 0 Å². The number of aliphatic carboxylic acids is 1. The summed E-state index contributed by atoms with van der Waals surface area (Å²) >= 11 is 0. The third-order valence-corrected chi connectivity index (χ3v) is 3.19. The summed E-state index contributed by atoms with van der Waals surface area (Å²) in [4.78, 5) is 24.6. The third-order valence-electron chi connectivity index (χ3n) is 3.19. The zero-order valence-corrected chi connectivity index (χ0v) is 10.5. The molecule has 17 heavy (non-hydrogen) atoms. The van der Waals surface area contributed by atoms with Gasteiger partial charge >= 0.3 is 11.9 Å². The van der Waals surface area contributed by atoms with Gasteiger partial charge in [-0.3, -0.25) is 14.5 Å². The first-order chi connectivity index (χ1) is 8.10. The molecule has 1 N–H and O–H groups in total. The molecule has 0 bridgehead atoms. The van der Waals surface area contributed by atoms with Crippen molar-refractivity contribution in [3.63, 3.8) is 0 Å². The van der Waals surface area contributed by atoms with Crippen molar-refractivity contribution in [1.29, 1.82) is 0 Å². The number of carboxylic acid groups (broad SMARTS) is 1. The van der Waals surface area contributed by atoms with Gasteiger partial charge in [-0.25, -0.2) is 0 Å². The minimum atomic E-state index is -0.808. The van der Waals surface area contributed by atoms with Crippen molar-refractivity contribution in [2.24, 2.45) is 5.92 Å². The molecule has 0 radical (unpaired) electrons. The minimum Gasteiger partial charge on any atom is -0.480 e. The number of carbonyl (C=O) groups is 2. The Hall–Kier alpha value is -1.10. The Labute approximate surface area is 102 Å². The molecule has 0 saturated carbocycles. The lowest BCUT2D eigenvalue weighted by Gasteiger charge is -2.34. The molecule has 1 saturated heterocycles. The topological polar surface area (TPSA) is 66.8 Å². The molecular formula is C12H21NO4. The Morgan fingerprint density at radius 2 is 2.18 bits per heavy atom. The van der Waals surface area contributed by atoms with Gasteiger partial charge in [-0.1, -0.05) is 6.92 Å². The van der Waals surface area contributed by atoms with E-state index in [9.17, 15) is 9.59 Å². The maximum Gasteiger partial charge on any atom is 0.320 e. The number of likely N-dealkylation sites (tertiary alicyclic amines) is 1. The van der Waals surface area contributed by atoms with Crippen LogP contribution in [-0.2, 0) is 14.3 Å². The van der Waals surface area contributed by atoms with Crippen LogP contribution in [0.1, 0.15) is 33.1 Å². The molecule has 1 fully saturated rings. The fourth-order valence-electron chi connectivity index (χ4n) is 2.33. The third kappa shape index (κ3) is 3.70. The number of esters is 1. The Bertz CT molecular complexity index is 280. The molecule has 0 aromatic heterocycles. The van der Waals surface area contributed by atoms with Crippen molar-refractivity contribution in [2.45, 2.75) is 39.2 Å². The number of ether oxygens (including phenoxy) is 1. The Morgan fingerprint density at radius 1 is 1.47 bits per heavy atom. The first-order valence-electron chi connectivity index (χ1n) is 6.23. The second kappa shape index (κ2) is 6.59. The van der Waals surface area contributed by atoms with Crippen LogP contribution in [0.4, 0.5) is 0 Å². The molecule has 2 atom stereocenters. The Morgan fingerprint density at radius 3 is 2.71 bits per heavy atom. The van der Waals surface area contributed by atoms with Crippen LogP contribution in [0.25, 0.3) is 0 Å². The van der Waals surface area contributed by atoms with E-state index in [1.807, 2.05) is 11.8 Å². The van der Waals surface area contributed by atoms with Gasteiger partial charge in [-0.15, -0.1) is 0 Å². The molecular weight excluding hydrogens is 222 g/mol. The van der Waals surface area contributed by atoms with Gasteiger partial charge in [0.15, 0.2) is 0 Å². The molecule has 5 heteroatoms. The molecule has 0 aliphatic carbocycles. The summed E-state index contributed by atoms with van der Waals surface area (Å²) in [5.74, 6) is -1.17. The summed E-state index contributed by atoms with van der Waals surface area (Å²) < 4.78 is 4.99. The van der Waals surface area contributed by atoms with Crippen LogP contribution in [0.3, 0.4) is 0 Å². The van der Waals surface area contributed by atoms with E-state index in [1.165, 1.54) is 0 Å². The maximum atomic E-state index is 11.6. The van der Waals surface area contributed by atoms with E-state index in [2.05, 4.69) is 0 Å². The molecule has 0 amide bonds. The molecule has 1 aliphatic rings. The number of carbonyl (C=O) groups excluding carboxylic acids is 1. The SMILES string of the molecule is CCOC(=O)[C@H]1CCCN(C(CC)C(=O)O)C1. The van der Waals surface area contributed by atoms with Gasteiger partial charge in [0.05, 0.1) is 12.5 Å². The Kier molecular flexibility index (Phi) is 5.41. The lowest BCUT2D eigenvalue weighted by molar-refractivity contribution is -0.153. The average molecular weight is 243 g/mol. The molecule has 0 spiro atoms. The molecule has 0 aromatic carbocycles. The van der Waals surface area contributed by atoms with Crippen LogP contribution < -0.4 is 0 Å². The van der Waals surface area contributed by atoms with Crippen molar-refractivity contribution in [2.75, 3.05) is 19.7 Å². The molecule has 1 aliphatic heterocycles. The number of carboxylic acids is 1. The predicted molar refractivity (Wildman–Crippen MR) is 62.6 cm³/mol. The largest absolute Gasteiger partial charge is 0.480 e. The zero-order valence-electron chi connectivity index (χ0n) is 10.5. The molecule has 0 aromatic rings.